The van der Waals surface area contributed by atoms with Gasteiger partial charge < -0.3 is 10.2 Å². The first-order valence-corrected chi connectivity index (χ1v) is 9.27. The van der Waals surface area contributed by atoms with Crippen molar-refractivity contribution in [2.75, 3.05) is 16.8 Å². The first-order valence-electron chi connectivity index (χ1n) is 9.27. The number of carbonyl (C=O) groups is 3. The van der Waals surface area contributed by atoms with Crippen LogP contribution in [0.1, 0.15) is 35.7 Å². The van der Waals surface area contributed by atoms with E-state index >= 15 is 0 Å². The van der Waals surface area contributed by atoms with Crippen molar-refractivity contribution in [1.29, 1.82) is 5.26 Å². The number of nitrogens with zero attached hydrogens (tertiary/aromatic N) is 2. The van der Waals surface area contributed by atoms with Crippen LogP contribution >= 0.6 is 0 Å². The molecule has 1 fully saturated rings. The number of anilines is 2. The van der Waals surface area contributed by atoms with Gasteiger partial charge in [0.05, 0.1) is 6.07 Å². The zero-order valence-electron chi connectivity index (χ0n) is 15.6. The minimum atomic E-state index is -1.44. The van der Waals surface area contributed by atoms with Gasteiger partial charge >= 0.3 is 0 Å². The van der Waals surface area contributed by atoms with E-state index in [1.807, 2.05) is 19.1 Å². The molecule has 1 N–H and O–H groups in total. The molecule has 2 aromatic carbocycles. The third-order valence-corrected chi connectivity index (χ3v) is 4.82. The summed E-state index contributed by atoms with van der Waals surface area (Å²) in [5, 5.41) is 12.0. The molecule has 0 spiro atoms. The lowest BCUT2D eigenvalue weighted by molar-refractivity contribution is -0.118. The Morgan fingerprint density at radius 2 is 1.82 bits per heavy atom. The molecule has 3 rings (SSSR count). The Morgan fingerprint density at radius 1 is 1.14 bits per heavy atom. The molecule has 1 aliphatic rings. The van der Waals surface area contributed by atoms with Crippen LogP contribution in [-0.4, -0.2) is 24.1 Å². The molecule has 0 saturated carbocycles. The summed E-state index contributed by atoms with van der Waals surface area (Å²) in [5.74, 6) is -2.60. The van der Waals surface area contributed by atoms with Crippen LogP contribution in [0.3, 0.4) is 0 Å². The van der Waals surface area contributed by atoms with Crippen LogP contribution < -0.4 is 10.2 Å². The molecule has 6 heteroatoms. The van der Waals surface area contributed by atoms with Gasteiger partial charge in [0.2, 0.25) is 11.8 Å². The van der Waals surface area contributed by atoms with Gasteiger partial charge in [-0.05, 0) is 54.8 Å². The number of carbonyl (C=O) groups excluding carboxylic acids is 3. The van der Waals surface area contributed by atoms with Crippen LogP contribution in [-0.2, 0) is 16.0 Å². The molecule has 1 atom stereocenters. The van der Waals surface area contributed by atoms with Crippen LogP contribution in [0.4, 0.5) is 11.4 Å². The Hall–Kier alpha value is -3.46. The predicted molar refractivity (Wildman–Crippen MR) is 106 cm³/mol. The van der Waals surface area contributed by atoms with Crippen LogP contribution in [0.25, 0.3) is 0 Å². The van der Waals surface area contributed by atoms with E-state index in [0.29, 0.717) is 24.3 Å². The molecule has 0 aliphatic carbocycles. The van der Waals surface area contributed by atoms with Gasteiger partial charge in [-0.2, -0.15) is 5.26 Å². The highest BCUT2D eigenvalue weighted by molar-refractivity contribution is 6.15. The van der Waals surface area contributed by atoms with E-state index in [-0.39, 0.29) is 11.5 Å². The average molecular weight is 375 g/mol. The number of benzene rings is 2. The molecule has 0 bridgehead atoms. The van der Waals surface area contributed by atoms with Crippen molar-refractivity contribution in [1.82, 2.24) is 0 Å². The summed E-state index contributed by atoms with van der Waals surface area (Å²) in [6.07, 6.45) is 2.22. The van der Waals surface area contributed by atoms with Crippen molar-refractivity contribution in [2.45, 2.75) is 26.2 Å². The van der Waals surface area contributed by atoms with Crippen molar-refractivity contribution >= 4 is 29.0 Å². The highest BCUT2D eigenvalue weighted by Crippen LogP contribution is 2.23. The van der Waals surface area contributed by atoms with Crippen molar-refractivity contribution in [3.05, 3.63) is 59.7 Å². The monoisotopic (exact) mass is 375 g/mol. The Kier molecular flexibility index (Phi) is 5.85. The second kappa shape index (κ2) is 8.49. The molecular weight excluding hydrogens is 354 g/mol. The molecule has 1 aliphatic heterocycles. The van der Waals surface area contributed by atoms with Crippen LogP contribution in [0, 0.1) is 17.2 Å². The summed E-state index contributed by atoms with van der Waals surface area (Å²) in [6.45, 7) is 2.69. The second-order valence-electron chi connectivity index (χ2n) is 6.66. The smallest absolute Gasteiger partial charge is 0.249 e. The Bertz CT molecular complexity index is 927. The van der Waals surface area contributed by atoms with Crippen LogP contribution in [0.15, 0.2) is 48.5 Å². The third kappa shape index (κ3) is 4.09. The minimum absolute atomic E-state index is 0.0578. The Labute approximate surface area is 163 Å². The number of rotatable bonds is 6. The largest absolute Gasteiger partial charge is 0.325 e. The highest BCUT2D eigenvalue weighted by Gasteiger charge is 2.28. The fraction of sp³-hybridized carbons (Fsp3) is 0.273. The maximum Gasteiger partial charge on any atom is 0.249 e. The van der Waals surface area contributed by atoms with Crippen molar-refractivity contribution in [3.63, 3.8) is 0 Å². The number of ketones is 1. The quantitative estimate of drug-likeness (QED) is 0.619. The number of hydrogen-bond acceptors (Lipinski definition) is 4. The number of nitrogens with one attached hydrogen (secondary N) is 1. The molecule has 28 heavy (non-hydrogen) atoms. The number of nitriles is 1. The summed E-state index contributed by atoms with van der Waals surface area (Å²) in [7, 11) is 0. The number of aryl methyl sites for hydroxylation is 1. The summed E-state index contributed by atoms with van der Waals surface area (Å²) in [6, 6.07) is 15.5. The van der Waals surface area contributed by atoms with Crippen LogP contribution in [0.5, 0.6) is 0 Å². The molecule has 1 unspecified atom stereocenters. The number of Topliss-reactive ketones (excluding diaryl/α,β-unsaturated/α-hetero) is 1. The molecule has 2 aromatic rings. The fourth-order valence-electron chi connectivity index (χ4n) is 3.17. The standard InChI is InChI=1S/C22H21N3O3/c1-2-15-5-9-17(10-6-15)24-22(28)19(14-23)21(27)16-7-11-18(12-8-16)25-13-3-4-20(25)26/h5-12,19H,2-4,13H2,1H3,(H,24,28). The van der Waals surface area contributed by atoms with Crippen LogP contribution in [0.2, 0.25) is 0 Å². The lowest BCUT2D eigenvalue weighted by Gasteiger charge is -2.16. The predicted octanol–water partition coefficient (Wildman–Crippen LogP) is 3.34. The lowest BCUT2D eigenvalue weighted by Crippen LogP contribution is -2.29. The second-order valence-corrected chi connectivity index (χ2v) is 6.66. The van der Waals surface area contributed by atoms with E-state index in [0.717, 1.165) is 18.4 Å². The fourth-order valence-corrected chi connectivity index (χ4v) is 3.17. The zero-order valence-corrected chi connectivity index (χ0v) is 15.6. The van der Waals surface area contributed by atoms with Gasteiger partial charge in [-0.15, -0.1) is 0 Å². The molecule has 142 valence electrons. The SMILES string of the molecule is CCc1ccc(NC(=O)C(C#N)C(=O)c2ccc(N3CCCC3=O)cc2)cc1. The van der Waals surface area contributed by atoms with Crippen molar-refractivity contribution < 1.29 is 14.4 Å². The maximum atomic E-state index is 12.6. The topological polar surface area (TPSA) is 90.3 Å². The maximum absolute atomic E-state index is 12.6. The average Bonchev–Trinajstić information content (AvgIpc) is 3.15. The van der Waals surface area contributed by atoms with E-state index in [2.05, 4.69) is 5.32 Å². The Balaban J connectivity index is 1.70. The van der Waals surface area contributed by atoms with E-state index in [1.54, 1.807) is 47.4 Å². The summed E-state index contributed by atoms with van der Waals surface area (Å²) >= 11 is 0. The van der Waals surface area contributed by atoms with Gasteiger partial charge in [0.25, 0.3) is 0 Å². The van der Waals surface area contributed by atoms with E-state index < -0.39 is 17.6 Å². The van der Waals surface area contributed by atoms with Gasteiger partial charge in [-0.3, -0.25) is 14.4 Å². The van der Waals surface area contributed by atoms with E-state index in [4.69, 9.17) is 0 Å². The first-order chi connectivity index (χ1) is 13.5. The van der Waals surface area contributed by atoms with Gasteiger partial charge in [-0.1, -0.05) is 19.1 Å². The van der Waals surface area contributed by atoms with E-state index in [1.165, 1.54) is 0 Å². The molecule has 1 saturated heterocycles. The third-order valence-electron chi connectivity index (χ3n) is 4.82. The zero-order chi connectivity index (χ0) is 20.1. The molecule has 2 amide bonds. The first kappa shape index (κ1) is 19.3. The molecule has 1 heterocycles. The number of amides is 2. The minimum Gasteiger partial charge on any atom is -0.325 e. The van der Waals surface area contributed by atoms with Gasteiger partial charge in [0.15, 0.2) is 11.7 Å². The van der Waals surface area contributed by atoms with Crippen molar-refractivity contribution in [2.24, 2.45) is 5.92 Å². The summed E-state index contributed by atoms with van der Waals surface area (Å²) in [5.41, 5.74) is 2.65. The van der Waals surface area contributed by atoms with Gasteiger partial charge in [0.1, 0.15) is 0 Å². The summed E-state index contributed by atoms with van der Waals surface area (Å²) < 4.78 is 0. The van der Waals surface area contributed by atoms with Gasteiger partial charge in [-0.25, -0.2) is 0 Å². The molecule has 6 nitrogen and oxygen atoms in total. The normalized spacial score (nSPS) is 14.4. The summed E-state index contributed by atoms with van der Waals surface area (Å²) in [4.78, 5) is 38.5. The Morgan fingerprint density at radius 3 is 2.36 bits per heavy atom. The molecule has 0 radical (unpaired) electrons. The molecule has 0 aromatic heterocycles. The lowest BCUT2D eigenvalue weighted by atomic mass is 9.97. The molecular formula is C22H21N3O3. The van der Waals surface area contributed by atoms with Gasteiger partial charge in [0, 0.05) is 29.9 Å². The van der Waals surface area contributed by atoms with Crippen molar-refractivity contribution in [3.8, 4) is 6.07 Å². The highest BCUT2D eigenvalue weighted by atomic mass is 16.2. The van der Waals surface area contributed by atoms with E-state index in [9.17, 15) is 19.6 Å². The number of hydrogen-bond donors (Lipinski definition) is 1.